The second-order valence-electron chi connectivity index (χ2n) is 7.62. The molecule has 0 atom stereocenters. The van der Waals surface area contributed by atoms with Crippen LogP contribution in [-0.2, 0) is 6.42 Å². The molecule has 0 aromatic heterocycles. The van der Waals surface area contributed by atoms with E-state index in [9.17, 15) is 0 Å². The van der Waals surface area contributed by atoms with Gasteiger partial charge < -0.3 is 0 Å². The standard InChI is InChI=1S/C23H36S/c1-5-24-20-12-10-8-6-7-9-11-13-21-14-16-22(17-15-21)18-19-23(2,3)4/h14-17H,5-13,20H2,1-4H3. The third-order valence-electron chi connectivity index (χ3n) is 3.99. The molecule has 0 aliphatic rings. The zero-order valence-corrected chi connectivity index (χ0v) is 17.1. The average Bonchev–Trinajstić information content (AvgIpc) is 2.55. The SMILES string of the molecule is CCSCCCCCCCCCc1ccc(C#CC(C)(C)C)cc1. The lowest BCUT2D eigenvalue weighted by atomic mass is 9.97. The van der Waals surface area contributed by atoms with Crippen molar-refractivity contribution in [2.75, 3.05) is 11.5 Å². The van der Waals surface area contributed by atoms with Crippen molar-refractivity contribution in [3.05, 3.63) is 35.4 Å². The summed E-state index contributed by atoms with van der Waals surface area (Å²) in [7, 11) is 0. The maximum atomic E-state index is 3.29. The van der Waals surface area contributed by atoms with Crippen LogP contribution in [-0.4, -0.2) is 11.5 Å². The number of hydrogen-bond donors (Lipinski definition) is 0. The second-order valence-corrected chi connectivity index (χ2v) is 9.01. The molecule has 1 heteroatoms. The lowest BCUT2D eigenvalue weighted by molar-refractivity contribution is 0.571. The Morgan fingerprint density at radius 1 is 0.833 bits per heavy atom. The Hall–Kier alpha value is -0.870. The maximum absolute atomic E-state index is 3.29. The molecule has 0 saturated carbocycles. The number of aryl methyl sites for hydroxylation is 1. The Morgan fingerprint density at radius 3 is 2.00 bits per heavy atom. The monoisotopic (exact) mass is 344 g/mol. The maximum Gasteiger partial charge on any atom is 0.0245 e. The molecule has 0 amide bonds. The molecule has 0 bridgehead atoms. The molecule has 0 aliphatic carbocycles. The molecular weight excluding hydrogens is 308 g/mol. The highest BCUT2D eigenvalue weighted by molar-refractivity contribution is 7.99. The minimum Gasteiger partial charge on any atom is -0.162 e. The zero-order chi connectivity index (χ0) is 17.7. The molecule has 0 nitrogen and oxygen atoms in total. The van der Waals surface area contributed by atoms with E-state index in [1.807, 2.05) is 0 Å². The molecular formula is C23H36S. The van der Waals surface area contributed by atoms with Crippen LogP contribution in [0.4, 0.5) is 0 Å². The number of unbranched alkanes of at least 4 members (excludes halogenated alkanes) is 6. The summed E-state index contributed by atoms with van der Waals surface area (Å²) in [5, 5.41) is 0. The van der Waals surface area contributed by atoms with Crippen molar-refractivity contribution in [2.24, 2.45) is 5.41 Å². The van der Waals surface area contributed by atoms with Crippen molar-refractivity contribution in [1.29, 1.82) is 0 Å². The molecule has 134 valence electrons. The summed E-state index contributed by atoms with van der Waals surface area (Å²) in [6.45, 7) is 8.70. The summed E-state index contributed by atoms with van der Waals surface area (Å²) in [5.41, 5.74) is 2.66. The first-order valence-electron chi connectivity index (χ1n) is 9.71. The molecule has 0 unspecified atom stereocenters. The van der Waals surface area contributed by atoms with E-state index >= 15 is 0 Å². The van der Waals surface area contributed by atoms with Gasteiger partial charge in [-0.25, -0.2) is 0 Å². The molecule has 24 heavy (non-hydrogen) atoms. The van der Waals surface area contributed by atoms with Crippen LogP contribution in [0.25, 0.3) is 0 Å². The van der Waals surface area contributed by atoms with Crippen LogP contribution < -0.4 is 0 Å². The predicted octanol–water partition coefficient (Wildman–Crippen LogP) is 7.11. The summed E-state index contributed by atoms with van der Waals surface area (Å²) < 4.78 is 0. The van der Waals surface area contributed by atoms with Crippen molar-refractivity contribution in [1.82, 2.24) is 0 Å². The number of hydrogen-bond acceptors (Lipinski definition) is 1. The molecule has 0 fully saturated rings. The van der Waals surface area contributed by atoms with Crippen LogP contribution in [0.5, 0.6) is 0 Å². The number of benzene rings is 1. The minimum absolute atomic E-state index is 0.0769. The van der Waals surface area contributed by atoms with Gasteiger partial charge in [0, 0.05) is 11.0 Å². The lowest BCUT2D eigenvalue weighted by Crippen LogP contribution is -1.99. The van der Waals surface area contributed by atoms with Gasteiger partial charge in [-0.05, 0) is 69.2 Å². The first-order chi connectivity index (χ1) is 11.5. The Morgan fingerprint density at radius 2 is 1.42 bits per heavy atom. The van der Waals surface area contributed by atoms with Crippen LogP contribution >= 0.6 is 11.8 Å². The van der Waals surface area contributed by atoms with Gasteiger partial charge >= 0.3 is 0 Å². The van der Waals surface area contributed by atoms with E-state index in [0.717, 1.165) is 5.56 Å². The first kappa shape index (κ1) is 21.2. The summed E-state index contributed by atoms with van der Waals surface area (Å²) in [6.07, 6.45) is 11.0. The van der Waals surface area contributed by atoms with Gasteiger partial charge in [0.2, 0.25) is 0 Å². The van der Waals surface area contributed by atoms with E-state index in [2.05, 4.69) is 75.6 Å². The van der Waals surface area contributed by atoms with Crippen molar-refractivity contribution < 1.29 is 0 Å². The lowest BCUT2D eigenvalue weighted by Gasteiger charge is -2.07. The van der Waals surface area contributed by atoms with Gasteiger partial charge in [0.1, 0.15) is 0 Å². The van der Waals surface area contributed by atoms with Crippen LogP contribution in [0.2, 0.25) is 0 Å². The van der Waals surface area contributed by atoms with Gasteiger partial charge in [0.25, 0.3) is 0 Å². The normalized spacial score (nSPS) is 11.2. The average molecular weight is 345 g/mol. The molecule has 1 rings (SSSR count). The third-order valence-corrected chi connectivity index (χ3v) is 4.98. The summed E-state index contributed by atoms with van der Waals surface area (Å²) in [5.74, 6) is 9.18. The molecule has 0 saturated heterocycles. The third kappa shape index (κ3) is 11.6. The molecule has 1 aromatic rings. The zero-order valence-electron chi connectivity index (χ0n) is 16.3. The van der Waals surface area contributed by atoms with Crippen LogP contribution in [0.1, 0.15) is 83.8 Å². The molecule has 1 aromatic carbocycles. The van der Waals surface area contributed by atoms with E-state index < -0.39 is 0 Å². The summed E-state index contributed by atoms with van der Waals surface area (Å²) in [4.78, 5) is 0. The van der Waals surface area contributed by atoms with Gasteiger partial charge in [-0.1, -0.05) is 63.0 Å². The fourth-order valence-corrected chi connectivity index (χ4v) is 3.27. The largest absolute Gasteiger partial charge is 0.162 e. The number of rotatable bonds is 11. The van der Waals surface area contributed by atoms with E-state index in [1.54, 1.807) is 0 Å². The fraction of sp³-hybridized carbons (Fsp3) is 0.652. The Balaban J connectivity index is 2.10. The Kier molecular flexibility index (Phi) is 11.0. The van der Waals surface area contributed by atoms with Gasteiger partial charge in [-0.3, -0.25) is 0 Å². The topological polar surface area (TPSA) is 0 Å². The van der Waals surface area contributed by atoms with Gasteiger partial charge in [0.15, 0.2) is 0 Å². The molecule has 0 heterocycles. The summed E-state index contributed by atoms with van der Waals surface area (Å²) in [6, 6.07) is 8.83. The highest BCUT2D eigenvalue weighted by atomic mass is 32.2. The second kappa shape index (κ2) is 12.5. The van der Waals surface area contributed by atoms with Crippen molar-refractivity contribution >= 4 is 11.8 Å². The van der Waals surface area contributed by atoms with E-state index in [4.69, 9.17) is 0 Å². The van der Waals surface area contributed by atoms with Crippen LogP contribution in [0, 0.1) is 17.3 Å². The first-order valence-corrected chi connectivity index (χ1v) is 10.9. The van der Waals surface area contributed by atoms with Gasteiger partial charge in [-0.15, -0.1) is 0 Å². The smallest absolute Gasteiger partial charge is 0.0245 e. The van der Waals surface area contributed by atoms with E-state index in [0.29, 0.717) is 0 Å². The molecule has 0 spiro atoms. The highest BCUT2D eigenvalue weighted by Gasteiger charge is 2.03. The quantitative estimate of drug-likeness (QED) is 0.304. The van der Waals surface area contributed by atoms with E-state index in [-0.39, 0.29) is 5.41 Å². The molecule has 0 N–H and O–H groups in total. The van der Waals surface area contributed by atoms with Crippen molar-refractivity contribution in [3.8, 4) is 11.8 Å². The van der Waals surface area contributed by atoms with Crippen LogP contribution in [0.15, 0.2) is 24.3 Å². The minimum atomic E-state index is 0.0769. The van der Waals surface area contributed by atoms with Gasteiger partial charge in [0.05, 0.1) is 0 Å². The molecule has 0 aliphatic heterocycles. The van der Waals surface area contributed by atoms with E-state index in [1.165, 1.54) is 68.4 Å². The summed E-state index contributed by atoms with van der Waals surface area (Å²) >= 11 is 2.07. The van der Waals surface area contributed by atoms with Crippen molar-refractivity contribution in [2.45, 2.75) is 79.1 Å². The predicted molar refractivity (Wildman–Crippen MR) is 112 cm³/mol. The Labute approximate surface area is 155 Å². The van der Waals surface area contributed by atoms with Crippen LogP contribution in [0.3, 0.4) is 0 Å². The Bertz CT molecular complexity index is 481. The number of thioether (sulfide) groups is 1. The molecule has 0 radical (unpaired) electrons. The van der Waals surface area contributed by atoms with Gasteiger partial charge in [-0.2, -0.15) is 11.8 Å². The highest BCUT2D eigenvalue weighted by Crippen LogP contribution is 2.14. The van der Waals surface area contributed by atoms with Crippen molar-refractivity contribution in [3.63, 3.8) is 0 Å². The fourth-order valence-electron chi connectivity index (χ4n) is 2.58.